The third kappa shape index (κ3) is 2.69. The summed E-state index contributed by atoms with van der Waals surface area (Å²) < 4.78 is 28.0. The third-order valence-corrected chi connectivity index (χ3v) is 3.82. The summed E-state index contributed by atoms with van der Waals surface area (Å²) in [6.45, 7) is 0.385. The van der Waals surface area contributed by atoms with E-state index in [9.17, 15) is 8.42 Å². The molecule has 0 atom stereocenters. The Morgan fingerprint density at radius 2 is 2.00 bits per heavy atom. The smallest absolute Gasteiger partial charge is 0.261 e. The van der Waals surface area contributed by atoms with E-state index in [1.54, 1.807) is 25.4 Å². The molecule has 7 heteroatoms. The fourth-order valence-corrected chi connectivity index (χ4v) is 2.52. The monoisotopic (exact) mass is 266 g/mol. The highest BCUT2D eigenvalue weighted by atomic mass is 32.2. The molecule has 0 radical (unpaired) electrons. The van der Waals surface area contributed by atoms with E-state index in [0.29, 0.717) is 12.2 Å². The summed E-state index contributed by atoms with van der Waals surface area (Å²) >= 11 is 0. The van der Waals surface area contributed by atoms with E-state index in [0.717, 1.165) is 5.56 Å². The van der Waals surface area contributed by atoms with Crippen molar-refractivity contribution >= 4 is 15.7 Å². The molecule has 1 heterocycles. The number of nitrogens with zero attached hydrogens (tertiary/aromatic N) is 2. The minimum atomic E-state index is -3.57. The highest BCUT2D eigenvalue weighted by Gasteiger charge is 2.14. The lowest BCUT2D eigenvalue weighted by molar-refractivity contribution is 0.601. The first-order valence-electron chi connectivity index (χ1n) is 5.32. The average Bonchev–Trinajstić information content (AvgIpc) is 2.74. The van der Waals surface area contributed by atoms with Crippen LogP contribution in [0.4, 0.5) is 5.69 Å². The highest BCUT2D eigenvalue weighted by molar-refractivity contribution is 7.92. The van der Waals surface area contributed by atoms with Gasteiger partial charge in [0.2, 0.25) is 0 Å². The van der Waals surface area contributed by atoms with Gasteiger partial charge in [-0.15, -0.1) is 0 Å². The van der Waals surface area contributed by atoms with E-state index in [4.69, 9.17) is 5.73 Å². The van der Waals surface area contributed by atoms with Crippen LogP contribution in [0.5, 0.6) is 0 Å². The highest BCUT2D eigenvalue weighted by Crippen LogP contribution is 2.15. The first-order chi connectivity index (χ1) is 8.51. The minimum Gasteiger partial charge on any atom is -0.326 e. The van der Waals surface area contributed by atoms with Crippen molar-refractivity contribution in [2.24, 2.45) is 12.8 Å². The number of sulfonamides is 1. The van der Waals surface area contributed by atoms with Crippen molar-refractivity contribution < 1.29 is 8.42 Å². The second kappa shape index (κ2) is 4.79. The summed E-state index contributed by atoms with van der Waals surface area (Å²) in [5, 5.41) is 3.90. The summed E-state index contributed by atoms with van der Waals surface area (Å²) in [6.07, 6.45) is 3.04. The van der Waals surface area contributed by atoms with Gasteiger partial charge in [0.05, 0.1) is 16.8 Å². The number of aromatic nitrogens is 2. The Kier molecular flexibility index (Phi) is 3.35. The predicted octanol–water partition coefficient (Wildman–Crippen LogP) is 0.680. The molecule has 0 saturated carbocycles. The average molecular weight is 266 g/mol. The van der Waals surface area contributed by atoms with Crippen LogP contribution in [0.2, 0.25) is 0 Å². The molecule has 2 aromatic rings. The Hall–Kier alpha value is -1.86. The number of hydrogen-bond donors (Lipinski definition) is 2. The van der Waals surface area contributed by atoms with E-state index < -0.39 is 10.0 Å². The molecule has 0 aliphatic carbocycles. The number of rotatable bonds is 4. The molecule has 96 valence electrons. The second-order valence-corrected chi connectivity index (χ2v) is 5.54. The van der Waals surface area contributed by atoms with Crippen LogP contribution in [0.3, 0.4) is 0 Å². The molecule has 2 rings (SSSR count). The zero-order valence-electron chi connectivity index (χ0n) is 9.87. The number of nitrogens with one attached hydrogen (secondary N) is 1. The molecule has 0 fully saturated rings. The maximum absolute atomic E-state index is 12.0. The Bertz CT molecular complexity index is 631. The Labute approximate surface area is 105 Å². The zero-order chi connectivity index (χ0) is 13.2. The predicted molar refractivity (Wildman–Crippen MR) is 68.3 cm³/mol. The van der Waals surface area contributed by atoms with Crippen molar-refractivity contribution in [2.45, 2.75) is 11.4 Å². The summed E-state index contributed by atoms with van der Waals surface area (Å²) in [5.74, 6) is 0. The summed E-state index contributed by atoms with van der Waals surface area (Å²) in [4.78, 5) is 0.198. The molecule has 1 aromatic carbocycles. The number of aryl methyl sites for hydroxylation is 1. The molecule has 0 aliphatic heterocycles. The maximum atomic E-state index is 12.0. The van der Waals surface area contributed by atoms with Gasteiger partial charge in [0.15, 0.2) is 0 Å². The fraction of sp³-hybridized carbons (Fsp3) is 0.182. The van der Waals surface area contributed by atoms with Gasteiger partial charge in [-0.1, -0.05) is 12.1 Å². The zero-order valence-corrected chi connectivity index (χ0v) is 10.7. The van der Waals surface area contributed by atoms with Gasteiger partial charge in [0.25, 0.3) is 10.0 Å². The van der Waals surface area contributed by atoms with Crippen LogP contribution in [0, 0.1) is 0 Å². The first kappa shape index (κ1) is 12.6. The van der Waals surface area contributed by atoms with Crippen LogP contribution in [-0.4, -0.2) is 18.2 Å². The molecule has 0 bridgehead atoms. The third-order valence-electron chi connectivity index (χ3n) is 2.43. The van der Waals surface area contributed by atoms with Gasteiger partial charge in [-0.05, 0) is 17.7 Å². The molecule has 0 amide bonds. The molecule has 0 spiro atoms. The van der Waals surface area contributed by atoms with Crippen LogP contribution in [0.15, 0.2) is 41.6 Å². The normalized spacial score (nSPS) is 11.4. The molecule has 0 saturated heterocycles. The maximum Gasteiger partial charge on any atom is 0.261 e. The lowest BCUT2D eigenvalue weighted by atomic mass is 10.2. The standard InChI is InChI=1S/C11H14N4O2S/c1-15-8-10(7-13-15)14-18(16,17)11-4-2-9(6-12)3-5-11/h2-5,7-8,14H,6,12H2,1H3. The molecule has 1 aromatic heterocycles. The van der Waals surface area contributed by atoms with E-state index in [1.807, 2.05) is 0 Å². The van der Waals surface area contributed by atoms with Gasteiger partial charge >= 0.3 is 0 Å². The van der Waals surface area contributed by atoms with Crippen LogP contribution < -0.4 is 10.5 Å². The van der Waals surface area contributed by atoms with Gasteiger partial charge in [-0.25, -0.2) is 8.42 Å². The van der Waals surface area contributed by atoms with Crippen molar-refractivity contribution in [1.82, 2.24) is 9.78 Å². The van der Waals surface area contributed by atoms with E-state index in [-0.39, 0.29) is 4.90 Å². The van der Waals surface area contributed by atoms with Crippen LogP contribution in [0.1, 0.15) is 5.56 Å². The number of hydrogen-bond acceptors (Lipinski definition) is 4. The van der Waals surface area contributed by atoms with Crippen LogP contribution >= 0.6 is 0 Å². The Morgan fingerprint density at radius 1 is 1.33 bits per heavy atom. The number of anilines is 1. The molecule has 3 N–H and O–H groups in total. The van der Waals surface area contributed by atoms with Gasteiger partial charge in [-0.3, -0.25) is 9.40 Å². The number of benzene rings is 1. The number of nitrogens with two attached hydrogens (primary N) is 1. The molecule has 18 heavy (non-hydrogen) atoms. The van der Waals surface area contributed by atoms with Crippen molar-refractivity contribution in [2.75, 3.05) is 4.72 Å². The van der Waals surface area contributed by atoms with Gasteiger partial charge in [-0.2, -0.15) is 5.10 Å². The molecular formula is C11H14N4O2S. The quantitative estimate of drug-likeness (QED) is 0.851. The van der Waals surface area contributed by atoms with Crippen molar-refractivity contribution in [3.8, 4) is 0 Å². The largest absolute Gasteiger partial charge is 0.326 e. The fourth-order valence-electron chi connectivity index (χ4n) is 1.49. The summed E-state index contributed by atoms with van der Waals surface area (Å²) in [5.41, 5.74) is 6.77. The lowest BCUT2D eigenvalue weighted by Crippen LogP contribution is -2.12. The SMILES string of the molecule is Cn1cc(NS(=O)(=O)c2ccc(CN)cc2)cn1. The molecule has 0 unspecified atom stereocenters. The van der Waals surface area contributed by atoms with Crippen molar-refractivity contribution in [3.63, 3.8) is 0 Å². The molecular weight excluding hydrogens is 252 g/mol. The van der Waals surface area contributed by atoms with Crippen LogP contribution in [-0.2, 0) is 23.6 Å². The Morgan fingerprint density at radius 3 is 2.50 bits per heavy atom. The lowest BCUT2D eigenvalue weighted by Gasteiger charge is -2.06. The van der Waals surface area contributed by atoms with Crippen LogP contribution in [0.25, 0.3) is 0 Å². The van der Waals surface area contributed by atoms with Crippen molar-refractivity contribution in [3.05, 3.63) is 42.2 Å². The van der Waals surface area contributed by atoms with Crippen molar-refractivity contribution in [1.29, 1.82) is 0 Å². The van der Waals surface area contributed by atoms with Gasteiger partial charge in [0.1, 0.15) is 0 Å². The summed E-state index contributed by atoms with van der Waals surface area (Å²) in [6, 6.07) is 6.44. The summed E-state index contributed by atoms with van der Waals surface area (Å²) in [7, 11) is -1.85. The first-order valence-corrected chi connectivity index (χ1v) is 6.80. The van der Waals surface area contributed by atoms with E-state index in [2.05, 4.69) is 9.82 Å². The van der Waals surface area contributed by atoms with Gasteiger partial charge in [0, 0.05) is 19.8 Å². The second-order valence-electron chi connectivity index (χ2n) is 3.86. The molecule has 6 nitrogen and oxygen atoms in total. The van der Waals surface area contributed by atoms with E-state index in [1.165, 1.54) is 23.0 Å². The minimum absolute atomic E-state index is 0.198. The molecule has 0 aliphatic rings. The topological polar surface area (TPSA) is 90.0 Å². The van der Waals surface area contributed by atoms with Gasteiger partial charge < -0.3 is 5.73 Å². The van der Waals surface area contributed by atoms with E-state index >= 15 is 0 Å². The Balaban J connectivity index is 2.24.